The quantitative estimate of drug-likeness (QED) is 0.538. The molecule has 6 nitrogen and oxygen atoms in total. The minimum Gasteiger partial charge on any atom is -0.306 e. The van der Waals surface area contributed by atoms with Gasteiger partial charge in [0, 0.05) is 11.5 Å². The van der Waals surface area contributed by atoms with Gasteiger partial charge in [-0.05, 0) is 52.8 Å². The molecule has 28 heavy (non-hydrogen) atoms. The van der Waals surface area contributed by atoms with E-state index in [2.05, 4.69) is 36.3 Å². The molecule has 3 aromatic heterocycles. The lowest BCUT2D eigenvalue weighted by atomic mass is 10.1. The van der Waals surface area contributed by atoms with Crippen molar-refractivity contribution < 1.29 is 4.79 Å². The van der Waals surface area contributed by atoms with Crippen molar-refractivity contribution in [1.82, 2.24) is 19.6 Å². The predicted octanol–water partition coefficient (Wildman–Crippen LogP) is 4.91. The van der Waals surface area contributed by atoms with Gasteiger partial charge in [0.25, 0.3) is 5.91 Å². The molecule has 0 bridgehead atoms. The first kappa shape index (κ1) is 18.4. The summed E-state index contributed by atoms with van der Waals surface area (Å²) in [7, 11) is 0. The van der Waals surface area contributed by atoms with Crippen LogP contribution in [0.15, 0.2) is 42.5 Å². The van der Waals surface area contributed by atoms with Crippen molar-refractivity contribution in [1.29, 1.82) is 0 Å². The van der Waals surface area contributed by atoms with Crippen LogP contribution in [0.3, 0.4) is 0 Å². The second-order valence-electron chi connectivity index (χ2n) is 7.87. The summed E-state index contributed by atoms with van der Waals surface area (Å²) in [5, 5.41) is 13.2. The van der Waals surface area contributed by atoms with Crippen molar-refractivity contribution in [3.05, 3.63) is 58.7 Å². The van der Waals surface area contributed by atoms with Crippen LogP contribution < -0.4 is 5.32 Å². The third-order valence-electron chi connectivity index (χ3n) is 4.48. The first-order valence-corrected chi connectivity index (χ1v) is 9.99. The molecule has 1 amide bonds. The molecular weight excluding hydrogens is 370 g/mol. The summed E-state index contributed by atoms with van der Waals surface area (Å²) >= 11 is 1.45. The van der Waals surface area contributed by atoms with Gasteiger partial charge in [-0.15, -0.1) is 11.3 Å². The number of nitrogens with one attached hydrogen (secondary N) is 1. The van der Waals surface area contributed by atoms with E-state index in [4.69, 9.17) is 0 Å². The average Bonchev–Trinajstić information content (AvgIpc) is 3.30. The van der Waals surface area contributed by atoms with Crippen molar-refractivity contribution in [2.75, 3.05) is 5.32 Å². The molecule has 0 unspecified atom stereocenters. The smallest absolute Gasteiger partial charge is 0.266 e. The molecular formula is C21H23N5OS. The van der Waals surface area contributed by atoms with E-state index in [0.717, 1.165) is 27.3 Å². The van der Waals surface area contributed by atoms with Crippen LogP contribution in [0.2, 0.25) is 0 Å². The molecule has 3 heterocycles. The first-order chi connectivity index (χ1) is 13.2. The van der Waals surface area contributed by atoms with Gasteiger partial charge in [0.1, 0.15) is 10.6 Å². The molecule has 0 aliphatic carbocycles. The van der Waals surface area contributed by atoms with Crippen LogP contribution in [0.25, 0.3) is 15.9 Å². The standard InChI is InChI=1S/C21H23N5OS/c1-13-11-18(26(23-13)21(3,4)5)22-19(27)17-12-16-14(2)24-25(20(16)28-17)15-9-7-6-8-10-15/h6-12H,1-5H3,(H,22,27). The zero-order chi connectivity index (χ0) is 20.1. The summed E-state index contributed by atoms with van der Waals surface area (Å²) in [4.78, 5) is 14.6. The van der Waals surface area contributed by atoms with Gasteiger partial charge in [0.15, 0.2) is 0 Å². The highest BCUT2D eigenvalue weighted by atomic mass is 32.1. The highest BCUT2D eigenvalue weighted by Gasteiger charge is 2.22. The average molecular weight is 394 g/mol. The Labute approximate surface area is 167 Å². The molecule has 0 saturated carbocycles. The molecule has 4 aromatic rings. The van der Waals surface area contributed by atoms with Crippen LogP contribution in [0.1, 0.15) is 41.8 Å². The lowest BCUT2D eigenvalue weighted by Crippen LogP contribution is -2.26. The third kappa shape index (κ3) is 3.22. The van der Waals surface area contributed by atoms with Gasteiger partial charge >= 0.3 is 0 Å². The van der Waals surface area contributed by atoms with Crippen molar-refractivity contribution >= 4 is 33.3 Å². The Morgan fingerprint density at radius 3 is 2.46 bits per heavy atom. The molecule has 0 spiro atoms. The Morgan fingerprint density at radius 1 is 1.07 bits per heavy atom. The van der Waals surface area contributed by atoms with Gasteiger partial charge in [-0.3, -0.25) is 4.79 Å². The van der Waals surface area contributed by atoms with E-state index in [-0.39, 0.29) is 11.4 Å². The Bertz CT molecular complexity index is 1160. The number of para-hydroxylation sites is 1. The highest BCUT2D eigenvalue weighted by molar-refractivity contribution is 7.20. The van der Waals surface area contributed by atoms with E-state index in [1.54, 1.807) is 0 Å². The number of carbonyl (C=O) groups is 1. The zero-order valence-electron chi connectivity index (χ0n) is 16.6. The largest absolute Gasteiger partial charge is 0.306 e. The number of anilines is 1. The topological polar surface area (TPSA) is 64.7 Å². The number of rotatable bonds is 3. The number of benzene rings is 1. The number of thiophene rings is 1. The van der Waals surface area contributed by atoms with Gasteiger partial charge in [0.05, 0.1) is 27.5 Å². The predicted molar refractivity (Wildman–Crippen MR) is 114 cm³/mol. The fourth-order valence-electron chi connectivity index (χ4n) is 3.18. The summed E-state index contributed by atoms with van der Waals surface area (Å²) < 4.78 is 3.75. The SMILES string of the molecule is Cc1cc(NC(=O)c2cc3c(C)nn(-c4ccccc4)c3s2)n(C(C)(C)C)n1. The Hall–Kier alpha value is -2.93. The number of amides is 1. The van der Waals surface area contributed by atoms with Gasteiger partial charge in [-0.1, -0.05) is 18.2 Å². The number of hydrogen-bond donors (Lipinski definition) is 1. The second-order valence-corrected chi connectivity index (χ2v) is 8.90. The molecule has 144 valence electrons. The Kier molecular flexibility index (Phi) is 4.34. The number of aryl methyl sites for hydroxylation is 2. The minimum atomic E-state index is -0.221. The van der Waals surface area contributed by atoms with E-state index in [1.165, 1.54) is 11.3 Å². The zero-order valence-corrected chi connectivity index (χ0v) is 17.5. The lowest BCUT2D eigenvalue weighted by Gasteiger charge is -2.22. The van der Waals surface area contributed by atoms with Gasteiger partial charge < -0.3 is 5.32 Å². The third-order valence-corrected chi connectivity index (χ3v) is 5.59. The van der Waals surface area contributed by atoms with E-state index in [0.29, 0.717) is 10.7 Å². The summed E-state index contributed by atoms with van der Waals surface area (Å²) in [6.07, 6.45) is 0. The fraction of sp³-hybridized carbons (Fsp3) is 0.286. The molecule has 0 aliphatic heterocycles. The number of fused-ring (bicyclic) bond motifs is 1. The molecule has 4 rings (SSSR count). The minimum absolute atomic E-state index is 0.134. The Balaban J connectivity index is 1.70. The van der Waals surface area contributed by atoms with Gasteiger partial charge in [0.2, 0.25) is 0 Å². The van der Waals surface area contributed by atoms with E-state index in [9.17, 15) is 4.79 Å². The van der Waals surface area contributed by atoms with Crippen LogP contribution >= 0.6 is 11.3 Å². The van der Waals surface area contributed by atoms with Crippen LogP contribution in [0.5, 0.6) is 0 Å². The molecule has 0 saturated heterocycles. The van der Waals surface area contributed by atoms with Gasteiger partial charge in [-0.25, -0.2) is 9.36 Å². The van der Waals surface area contributed by atoms with E-state index in [1.807, 2.05) is 65.7 Å². The summed E-state index contributed by atoms with van der Waals surface area (Å²) in [5.41, 5.74) is 2.54. The molecule has 1 N–H and O–H groups in total. The number of aromatic nitrogens is 4. The summed E-state index contributed by atoms with van der Waals surface area (Å²) in [6, 6.07) is 13.8. The van der Waals surface area contributed by atoms with Gasteiger partial charge in [-0.2, -0.15) is 10.2 Å². The number of carbonyl (C=O) groups excluding carboxylic acids is 1. The molecule has 0 fully saturated rings. The molecule has 0 atom stereocenters. The van der Waals surface area contributed by atoms with E-state index >= 15 is 0 Å². The fourth-order valence-corrected chi connectivity index (χ4v) is 4.26. The number of nitrogens with zero attached hydrogens (tertiary/aromatic N) is 4. The second kappa shape index (κ2) is 6.60. The maximum atomic E-state index is 13.0. The van der Waals surface area contributed by atoms with Crippen LogP contribution in [0.4, 0.5) is 5.82 Å². The monoisotopic (exact) mass is 393 g/mol. The first-order valence-electron chi connectivity index (χ1n) is 9.17. The lowest BCUT2D eigenvalue weighted by molar-refractivity contribution is 0.102. The van der Waals surface area contributed by atoms with Crippen LogP contribution in [-0.2, 0) is 5.54 Å². The van der Waals surface area contributed by atoms with Crippen molar-refractivity contribution in [2.24, 2.45) is 0 Å². The van der Waals surface area contributed by atoms with E-state index < -0.39 is 0 Å². The number of hydrogen-bond acceptors (Lipinski definition) is 4. The normalized spacial score (nSPS) is 11.9. The van der Waals surface area contributed by atoms with Crippen molar-refractivity contribution in [2.45, 2.75) is 40.2 Å². The summed E-state index contributed by atoms with van der Waals surface area (Å²) in [5.74, 6) is 0.569. The molecule has 0 radical (unpaired) electrons. The molecule has 7 heteroatoms. The molecule has 0 aliphatic rings. The Morgan fingerprint density at radius 2 is 1.79 bits per heavy atom. The highest BCUT2D eigenvalue weighted by Crippen LogP contribution is 2.31. The van der Waals surface area contributed by atoms with Crippen molar-refractivity contribution in [3.63, 3.8) is 0 Å². The maximum Gasteiger partial charge on any atom is 0.266 e. The van der Waals surface area contributed by atoms with Crippen LogP contribution in [-0.4, -0.2) is 25.5 Å². The summed E-state index contributed by atoms with van der Waals surface area (Å²) in [6.45, 7) is 10.1. The molecule has 1 aromatic carbocycles. The van der Waals surface area contributed by atoms with Crippen molar-refractivity contribution in [3.8, 4) is 5.69 Å². The maximum absolute atomic E-state index is 13.0. The van der Waals surface area contributed by atoms with Crippen LogP contribution in [0, 0.1) is 13.8 Å².